The van der Waals surface area contributed by atoms with Crippen molar-refractivity contribution in [3.63, 3.8) is 0 Å². The lowest BCUT2D eigenvalue weighted by atomic mass is 10.0. The zero-order valence-electron chi connectivity index (χ0n) is 45.6. The van der Waals surface area contributed by atoms with E-state index in [2.05, 4.69) is 43.5 Å². The zero-order valence-corrected chi connectivity index (χ0v) is 45.6. The van der Waals surface area contributed by atoms with Crippen molar-refractivity contribution in [3.05, 3.63) is 36.5 Å². The molecule has 6 heteroatoms. The molecule has 68 heavy (non-hydrogen) atoms. The Hall–Kier alpha value is -1.92. The first-order chi connectivity index (χ1) is 33.5. The Morgan fingerprint density at radius 1 is 0.412 bits per heavy atom. The SMILES string of the molecule is CCCCCCCCCCCCCCCCC/C=C/C(O)C(CO)NC(=O)CCCCCCCCCCCCCCCC/C=C\C/C=C\CCOC(=O)CCCCCCCCCCCCCCC. The van der Waals surface area contributed by atoms with Crippen molar-refractivity contribution in [3.8, 4) is 0 Å². The number of carbonyl (C=O) groups is 2. The lowest BCUT2D eigenvalue weighted by Gasteiger charge is -2.20. The lowest BCUT2D eigenvalue weighted by Crippen LogP contribution is -2.45. The molecule has 6 nitrogen and oxygen atoms in total. The summed E-state index contributed by atoms with van der Waals surface area (Å²) in [6.07, 6.45) is 71.9. The maximum atomic E-state index is 12.5. The Labute approximate surface area is 424 Å². The van der Waals surface area contributed by atoms with E-state index in [1.54, 1.807) is 6.08 Å². The molecule has 1 amide bonds. The smallest absolute Gasteiger partial charge is 0.305 e. The van der Waals surface area contributed by atoms with E-state index in [4.69, 9.17) is 4.74 Å². The van der Waals surface area contributed by atoms with Gasteiger partial charge in [0, 0.05) is 12.8 Å². The monoisotopic (exact) mass is 956 g/mol. The van der Waals surface area contributed by atoms with Crippen molar-refractivity contribution in [2.45, 2.75) is 334 Å². The van der Waals surface area contributed by atoms with Gasteiger partial charge in [0.1, 0.15) is 0 Å². The van der Waals surface area contributed by atoms with Gasteiger partial charge < -0.3 is 20.3 Å². The third-order valence-electron chi connectivity index (χ3n) is 13.9. The third-order valence-corrected chi connectivity index (χ3v) is 13.9. The van der Waals surface area contributed by atoms with E-state index in [0.717, 1.165) is 51.4 Å². The predicted molar refractivity (Wildman–Crippen MR) is 296 cm³/mol. The first-order valence-electron chi connectivity index (χ1n) is 30.3. The molecule has 2 unspecified atom stereocenters. The number of hydrogen-bond acceptors (Lipinski definition) is 5. The van der Waals surface area contributed by atoms with Gasteiger partial charge in [0.15, 0.2) is 0 Å². The van der Waals surface area contributed by atoms with Crippen molar-refractivity contribution in [2.75, 3.05) is 13.2 Å². The molecule has 0 aromatic heterocycles. The Morgan fingerprint density at radius 2 is 0.735 bits per heavy atom. The van der Waals surface area contributed by atoms with Crippen LogP contribution in [0.1, 0.15) is 322 Å². The van der Waals surface area contributed by atoms with Crippen molar-refractivity contribution >= 4 is 11.9 Å². The molecule has 0 aliphatic rings. The van der Waals surface area contributed by atoms with Crippen molar-refractivity contribution in [1.82, 2.24) is 5.32 Å². The zero-order chi connectivity index (χ0) is 49.3. The number of aliphatic hydroxyl groups is 2. The highest BCUT2D eigenvalue weighted by Gasteiger charge is 2.18. The predicted octanol–water partition coefficient (Wildman–Crippen LogP) is 18.8. The van der Waals surface area contributed by atoms with Gasteiger partial charge in [0.2, 0.25) is 5.91 Å². The van der Waals surface area contributed by atoms with Crippen LogP contribution < -0.4 is 5.32 Å². The summed E-state index contributed by atoms with van der Waals surface area (Å²) in [5.74, 6) is -0.105. The second kappa shape index (κ2) is 57.7. The summed E-state index contributed by atoms with van der Waals surface area (Å²) in [7, 11) is 0. The van der Waals surface area contributed by atoms with Gasteiger partial charge in [-0.3, -0.25) is 9.59 Å². The molecule has 0 bridgehead atoms. The van der Waals surface area contributed by atoms with Crippen molar-refractivity contribution in [1.29, 1.82) is 0 Å². The summed E-state index contributed by atoms with van der Waals surface area (Å²) in [4.78, 5) is 24.5. The van der Waals surface area contributed by atoms with Gasteiger partial charge in [-0.15, -0.1) is 0 Å². The van der Waals surface area contributed by atoms with E-state index in [1.165, 1.54) is 244 Å². The molecule has 0 aliphatic heterocycles. The van der Waals surface area contributed by atoms with Crippen LogP contribution in [0.15, 0.2) is 36.5 Å². The summed E-state index contributed by atoms with van der Waals surface area (Å²) >= 11 is 0. The van der Waals surface area contributed by atoms with Crippen LogP contribution in [0.4, 0.5) is 0 Å². The number of aliphatic hydroxyl groups excluding tert-OH is 2. The molecule has 0 aromatic carbocycles. The van der Waals surface area contributed by atoms with Crippen LogP contribution >= 0.6 is 0 Å². The molecular weight excluding hydrogens is 839 g/mol. The van der Waals surface area contributed by atoms with Crippen LogP contribution in [-0.4, -0.2) is 47.4 Å². The molecule has 2 atom stereocenters. The summed E-state index contributed by atoms with van der Waals surface area (Å²) in [5, 5.41) is 23.1. The van der Waals surface area contributed by atoms with Crippen LogP contribution in [0, 0.1) is 0 Å². The number of esters is 1. The van der Waals surface area contributed by atoms with Crippen LogP contribution in [-0.2, 0) is 14.3 Å². The van der Waals surface area contributed by atoms with Crippen LogP contribution in [0.2, 0.25) is 0 Å². The Bertz CT molecular complexity index is 1100. The van der Waals surface area contributed by atoms with Crippen LogP contribution in [0.3, 0.4) is 0 Å². The number of rotatable bonds is 56. The normalized spacial score (nSPS) is 12.8. The summed E-state index contributed by atoms with van der Waals surface area (Å²) < 4.78 is 5.41. The summed E-state index contributed by atoms with van der Waals surface area (Å²) in [6, 6.07) is -0.632. The second-order valence-electron chi connectivity index (χ2n) is 20.7. The highest BCUT2D eigenvalue weighted by atomic mass is 16.5. The fourth-order valence-electron chi connectivity index (χ4n) is 9.30. The second-order valence-corrected chi connectivity index (χ2v) is 20.7. The van der Waals surface area contributed by atoms with Crippen molar-refractivity contribution < 1.29 is 24.5 Å². The minimum atomic E-state index is -0.848. The topological polar surface area (TPSA) is 95.9 Å². The van der Waals surface area contributed by atoms with Gasteiger partial charge in [-0.05, 0) is 51.4 Å². The van der Waals surface area contributed by atoms with Crippen LogP contribution in [0.5, 0.6) is 0 Å². The lowest BCUT2D eigenvalue weighted by molar-refractivity contribution is -0.143. The minimum Gasteiger partial charge on any atom is -0.465 e. The molecule has 0 rings (SSSR count). The average molecular weight is 957 g/mol. The Morgan fingerprint density at radius 3 is 1.12 bits per heavy atom. The van der Waals surface area contributed by atoms with E-state index >= 15 is 0 Å². The highest BCUT2D eigenvalue weighted by molar-refractivity contribution is 5.76. The van der Waals surface area contributed by atoms with Gasteiger partial charge in [-0.1, -0.05) is 294 Å². The Kier molecular flexibility index (Phi) is 56.0. The molecule has 3 N–H and O–H groups in total. The fraction of sp³-hybridized carbons (Fsp3) is 0.871. The molecule has 0 saturated heterocycles. The summed E-state index contributed by atoms with van der Waals surface area (Å²) in [6.45, 7) is 4.81. The van der Waals surface area contributed by atoms with E-state index < -0.39 is 12.1 Å². The van der Waals surface area contributed by atoms with Gasteiger partial charge in [0.25, 0.3) is 0 Å². The van der Waals surface area contributed by atoms with Gasteiger partial charge in [-0.2, -0.15) is 0 Å². The Balaban J connectivity index is 3.48. The average Bonchev–Trinajstić information content (AvgIpc) is 3.34. The molecule has 0 saturated carbocycles. The summed E-state index contributed by atoms with van der Waals surface area (Å²) in [5.41, 5.74) is 0. The van der Waals surface area contributed by atoms with E-state index in [9.17, 15) is 19.8 Å². The molecule has 0 aromatic rings. The molecule has 0 aliphatic carbocycles. The maximum Gasteiger partial charge on any atom is 0.305 e. The minimum absolute atomic E-state index is 0.0343. The van der Waals surface area contributed by atoms with Gasteiger partial charge >= 0.3 is 5.97 Å². The van der Waals surface area contributed by atoms with Crippen molar-refractivity contribution in [2.24, 2.45) is 0 Å². The fourth-order valence-corrected chi connectivity index (χ4v) is 9.30. The maximum absolute atomic E-state index is 12.5. The molecule has 0 radical (unpaired) electrons. The number of nitrogens with one attached hydrogen (secondary N) is 1. The first-order valence-corrected chi connectivity index (χ1v) is 30.3. The van der Waals surface area contributed by atoms with E-state index in [-0.39, 0.29) is 18.5 Å². The highest BCUT2D eigenvalue weighted by Crippen LogP contribution is 2.17. The number of carbonyl (C=O) groups excluding carboxylic acids is 2. The standard InChI is InChI=1S/C62H117NO5/c1-3-5-7-9-11-13-15-17-18-24-27-31-34-38-42-46-50-54-60(65)59(58-64)63-61(66)55-51-47-43-39-35-32-28-25-22-20-19-21-23-26-29-33-37-41-45-49-53-57-68-62(67)56-52-48-44-40-36-30-16-14-12-10-8-6-4-2/h33,37,45,49-50,54,59-60,64-65H,3-32,34-36,38-44,46-48,51-53,55-58H2,1-2H3,(H,63,66)/b37-33-,49-45-,54-50+. The molecule has 0 heterocycles. The molecule has 400 valence electrons. The largest absolute Gasteiger partial charge is 0.465 e. The van der Waals surface area contributed by atoms with Crippen LogP contribution in [0.25, 0.3) is 0 Å². The third kappa shape index (κ3) is 53.4. The number of hydrogen-bond donors (Lipinski definition) is 3. The van der Waals surface area contributed by atoms with E-state index in [0.29, 0.717) is 19.4 Å². The van der Waals surface area contributed by atoms with Gasteiger partial charge in [-0.25, -0.2) is 0 Å². The molecule has 0 fully saturated rings. The molecular formula is C62H117NO5. The number of allylic oxidation sites excluding steroid dienone is 4. The number of unbranched alkanes of at least 4 members (excludes halogenated alkanes) is 41. The quantitative estimate of drug-likeness (QED) is 0.0321. The number of amides is 1. The van der Waals surface area contributed by atoms with E-state index in [1.807, 2.05) is 6.08 Å². The molecule has 0 spiro atoms. The number of ether oxygens (including phenoxy) is 1. The first kappa shape index (κ1) is 66.1. The van der Waals surface area contributed by atoms with Gasteiger partial charge in [0.05, 0.1) is 25.4 Å².